The first kappa shape index (κ1) is 20.6. The number of amides is 2. The maximum absolute atomic E-state index is 12.7. The number of ether oxygens (including phenoxy) is 1. The molecule has 2 aliphatic rings. The summed E-state index contributed by atoms with van der Waals surface area (Å²) in [6.45, 7) is 3.49. The fourth-order valence-electron chi connectivity index (χ4n) is 4.36. The first-order valence-electron chi connectivity index (χ1n) is 10.8. The summed E-state index contributed by atoms with van der Waals surface area (Å²) < 4.78 is 7.55. The average Bonchev–Trinajstić information content (AvgIpc) is 3.41. The van der Waals surface area contributed by atoms with Gasteiger partial charge in [-0.2, -0.15) is 5.10 Å². The molecule has 2 aliphatic heterocycles. The van der Waals surface area contributed by atoms with Crippen molar-refractivity contribution in [3.8, 4) is 0 Å². The van der Waals surface area contributed by atoms with Gasteiger partial charge in [-0.25, -0.2) is 0 Å². The predicted molar refractivity (Wildman–Crippen MR) is 113 cm³/mol. The summed E-state index contributed by atoms with van der Waals surface area (Å²) in [5.74, 6) is 0.212. The molecular weight excluding hydrogens is 380 g/mol. The third-order valence-corrected chi connectivity index (χ3v) is 6.05. The fraction of sp³-hybridized carbons (Fsp3) is 0.522. The van der Waals surface area contributed by atoms with Gasteiger partial charge in [-0.3, -0.25) is 14.3 Å². The number of carbonyl (C=O) groups is 2. The zero-order valence-corrected chi connectivity index (χ0v) is 17.7. The maximum Gasteiger partial charge on any atom is 0.248 e. The van der Waals surface area contributed by atoms with E-state index in [2.05, 4.69) is 5.10 Å². The molecule has 1 aromatic heterocycles. The van der Waals surface area contributed by atoms with Gasteiger partial charge in [0.25, 0.3) is 0 Å². The van der Waals surface area contributed by atoms with Gasteiger partial charge in [-0.05, 0) is 18.4 Å². The van der Waals surface area contributed by atoms with Gasteiger partial charge in [0, 0.05) is 63.7 Å². The molecule has 4 rings (SSSR count). The van der Waals surface area contributed by atoms with E-state index in [4.69, 9.17) is 4.74 Å². The van der Waals surface area contributed by atoms with Crippen molar-refractivity contribution in [3.63, 3.8) is 0 Å². The summed E-state index contributed by atoms with van der Waals surface area (Å²) in [5, 5.41) is 4.66. The van der Waals surface area contributed by atoms with Crippen molar-refractivity contribution in [3.05, 3.63) is 52.8 Å². The van der Waals surface area contributed by atoms with E-state index >= 15 is 0 Å². The number of benzene rings is 1. The normalized spacial score (nSPS) is 16.0. The summed E-state index contributed by atoms with van der Waals surface area (Å²) in [4.78, 5) is 28.9. The molecule has 0 aliphatic carbocycles. The van der Waals surface area contributed by atoms with E-state index in [1.807, 2.05) is 51.9 Å². The second-order valence-electron chi connectivity index (χ2n) is 8.13. The Bertz CT molecular complexity index is 887. The highest BCUT2D eigenvalue weighted by molar-refractivity contribution is 5.78. The van der Waals surface area contributed by atoms with Crippen molar-refractivity contribution in [2.45, 2.75) is 45.3 Å². The Morgan fingerprint density at radius 3 is 2.57 bits per heavy atom. The molecule has 7 heteroatoms. The minimum atomic E-state index is -0.000438. The van der Waals surface area contributed by atoms with E-state index in [-0.39, 0.29) is 18.4 Å². The average molecular weight is 411 g/mol. The van der Waals surface area contributed by atoms with Crippen molar-refractivity contribution >= 4 is 11.8 Å². The summed E-state index contributed by atoms with van der Waals surface area (Å²) in [5.41, 5.74) is 4.29. The number of aryl methyl sites for hydroxylation is 2. The first-order chi connectivity index (χ1) is 14.6. The van der Waals surface area contributed by atoms with Crippen LogP contribution in [0.2, 0.25) is 0 Å². The molecule has 2 aromatic rings. The fourth-order valence-corrected chi connectivity index (χ4v) is 4.36. The lowest BCUT2D eigenvalue weighted by Gasteiger charge is -2.27. The summed E-state index contributed by atoms with van der Waals surface area (Å²) in [6, 6.07) is 9.87. The largest absolute Gasteiger partial charge is 0.367 e. The van der Waals surface area contributed by atoms with Gasteiger partial charge in [0.05, 0.1) is 12.3 Å². The topological polar surface area (TPSA) is 67.7 Å². The molecule has 7 nitrogen and oxygen atoms in total. The number of carbonyl (C=O) groups excluding carboxylic acids is 2. The van der Waals surface area contributed by atoms with E-state index in [9.17, 15) is 9.59 Å². The van der Waals surface area contributed by atoms with Crippen molar-refractivity contribution in [2.24, 2.45) is 7.05 Å². The highest BCUT2D eigenvalue weighted by Gasteiger charge is 2.27. The second kappa shape index (κ2) is 9.43. The van der Waals surface area contributed by atoms with Crippen LogP contribution < -0.4 is 0 Å². The first-order valence-corrected chi connectivity index (χ1v) is 10.8. The van der Waals surface area contributed by atoms with Gasteiger partial charge in [0.2, 0.25) is 11.8 Å². The molecule has 3 heterocycles. The van der Waals surface area contributed by atoms with Crippen LogP contribution in [0.15, 0.2) is 30.3 Å². The number of hydrogen-bond acceptors (Lipinski definition) is 4. The van der Waals surface area contributed by atoms with E-state index in [1.54, 1.807) is 0 Å². The number of rotatable bonds is 7. The van der Waals surface area contributed by atoms with Crippen LogP contribution in [0.1, 0.15) is 41.8 Å². The molecule has 1 saturated heterocycles. The Kier molecular flexibility index (Phi) is 6.47. The zero-order chi connectivity index (χ0) is 20.9. The van der Waals surface area contributed by atoms with Crippen molar-refractivity contribution in [1.29, 1.82) is 0 Å². The number of hydrogen-bond donors (Lipinski definition) is 0. The lowest BCUT2D eigenvalue weighted by atomic mass is 10.0. The Balaban J connectivity index is 1.32. The van der Waals surface area contributed by atoms with Crippen LogP contribution in [0, 0.1) is 0 Å². The van der Waals surface area contributed by atoms with Crippen LogP contribution in [0.4, 0.5) is 0 Å². The molecular formula is C23H30N4O3. The van der Waals surface area contributed by atoms with E-state index in [1.165, 1.54) is 5.69 Å². The van der Waals surface area contributed by atoms with E-state index in [0.717, 1.165) is 49.2 Å². The number of nitrogens with zero attached hydrogens (tertiary/aromatic N) is 4. The lowest BCUT2D eigenvalue weighted by Crippen LogP contribution is -2.38. The number of fused-ring (bicyclic) bond motifs is 1. The molecule has 1 aromatic carbocycles. The molecule has 1 fully saturated rings. The Hall–Kier alpha value is -2.67. The molecule has 0 bridgehead atoms. The van der Waals surface area contributed by atoms with Crippen molar-refractivity contribution in [2.75, 3.05) is 26.2 Å². The van der Waals surface area contributed by atoms with Crippen LogP contribution in [0.5, 0.6) is 0 Å². The van der Waals surface area contributed by atoms with Gasteiger partial charge in [0.1, 0.15) is 6.61 Å². The maximum atomic E-state index is 12.7. The SMILES string of the molecule is Cn1nc(CCC(=O)N2CCCC2)c2c1CCN(C(=O)COCc1ccccc1)C2. The van der Waals surface area contributed by atoms with Crippen LogP contribution in [0.3, 0.4) is 0 Å². The summed E-state index contributed by atoms with van der Waals surface area (Å²) in [7, 11) is 1.95. The van der Waals surface area contributed by atoms with E-state index in [0.29, 0.717) is 32.5 Å². The lowest BCUT2D eigenvalue weighted by molar-refractivity contribution is -0.137. The van der Waals surface area contributed by atoms with Crippen LogP contribution >= 0.6 is 0 Å². The highest BCUT2D eigenvalue weighted by Crippen LogP contribution is 2.24. The molecule has 30 heavy (non-hydrogen) atoms. The Morgan fingerprint density at radius 1 is 1.03 bits per heavy atom. The molecule has 0 saturated carbocycles. The van der Waals surface area contributed by atoms with Crippen molar-refractivity contribution in [1.82, 2.24) is 19.6 Å². The molecule has 0 unspecified atom stereocenters. The van der Waals surface area contributed by atoms with Gasteiger partial charge in [0.15, 0.2) is 0 Å². The smallest absolute Gasteiger partial charge is 0.248 e. The van der Waals surface area contributed by atoms with Gasteiger partial charge in [-0.15, -0.1) is 0 Å². The standard InChI is InChI=1S/C23H30N4O3/c1-25-21-11-14-27(23(29)17-30-16-18-7-3-2-4-8-18)15-19(21)20(24-25)9-10-22(28)26-12-5-6-13-26/h2-4,7-8H,5-6,9-17H2,1H3. The Labute approximate surface area is 177 Å². The van der Waals surface area contributed by atoms with Crippen LogP contribution in [0.25, 0.3) is 0 Å². The number of aromatic nitrogens is 2. The molecule has 0 spiro atoms. The summed E-state index contributed by atoms with van der Waals surface area (Å²) >= 11 is 0. The van der Waals surface area contributed by atoms with Gasteiger partial charge < -0.3 is 14.5 Å². The molecule has 2 amide bonds. The molecule has 0 N–H and O–H groups in total. The molecule has 0 radical (unpaired) electrons. The quantitative estimate of drug-likeness (QED) is 0.701. The van der Waals surface area contributed by atoms with Gasteiger partial charge in [-0.1, -0.05) is 30.3 Å². The van der Waals surface area contributed by atoms with E-state index < -0.39 is 0 Å². The predicted octanol–water partition coefficient (Wildman–Crippen LogP) is 2.08. The third kappa shape index (κ3) is 4.73. The Morgan fingerprint density at radius 2 is 1.80 bits per heavy atom. The minimum Gasteiger partial charge on any atom is -0.367 e. The minimum absolute atomic E-state index is 0.000438. The summed E-state index contributed by atoms with van der Waals surface area (Å²) in [6.07, 6.45) is 4.11. The molecule has 0 atom stereocenters. The molecule has 160 valence electrons. The third-order valence-electron chi connectivity index (χ3n) is 6.05. The second-order valence-corrected chi connectivity index (χ2v) is 8.13. The number of likely N-dealkylation sites (tertiary alicyclic amines) is 1. The van der Waals surface area contributed by atoms with Crippen LogP contribution in [-0.2, 0) is 47.4 Å². The highest BCUT2D eigenvalue weighted by atomic mass is 16.5. The van der Waals surface area contributed by atoms with Gasteiger partial charge >= 0.3 is 0 Å². The monoisotopic (exact) mass is 410 g/mol. The zero-order valence-electron chi connectivity index (χ0n) is 17.7. The van der Waals surface area contributed by atoms with Crippen LogP contribution in [-0.4, -0.2) is 57.6 Å². The van der Waals surface area contributed by atoms with Crippen molar-refractivity contribution < 1.29 is 14.3 Å².